The fourth-order valence-electron chi connectivity index (χ4n) is 5.97. The Morgan fingerprint density at radius 3 is 2.31 bits per heavy atom. The standard InChI is InChI=1S/C30H44N4O5/c1-22(35)31-13-15-32(16-14-31)27(36)18-23-11-12-33-19-24(23)9-7-17-39-26-10-6-5-8-25(26)20-34(21-28(33)37)29(38)30(2,3)4/h5-6,8,10,23-24H,7,9,11-21H2,1-4H3/t23-,24-/m0/s1. The highest BCUT2D eigenvalue weighted by molar-refractivity contribution is 5.87. The van der Waals surface area contributed by atoms with E-state index in [4.69, 9.17) is 4.74 Å². The highest BCUT2D eigenvalue weighted by Crippen LogP contribution is 2.32. The van der Waals surface area contributed by atoms with Gasteiger partial charge in [0.05, 0.1) is 6.61 Å². The zero-order valence-electron chi connectivity index (χ0n) is 24.0. The van der Waals surface area contributed by atoms with E-state index >= 15 is 0 Å². The Morgan fingerprint density at radius 2 is 1.62 bits per heavy atom. The molecule has 2 atom stereocenters. The van der Waals surface area contributed by atoms with Gasteiger partial charge in [0.25, 0.3) is 0 Å². The van der Waals surface area contributed by atoms with Crippen LogP contribution in [0.1, 0.15) is 58.9 Å². The maximum atomic E-state index is 13.5. The lowest BCUT2D eigenvalue weighted by Gasteiger charge is -2.41. The molecule has 9 heteroatoms. The van der Waals surface area contributed by atoms with E-state index in [0.717, 1.165) is 30.6 Å². The van der Waals surface area contributed by atoms with E-state index in [0.29, 0.717) is 58.8 Å². The molecule has 1 aromatic carbocycles. The summed E-state index contributed by atoms with van der Waals surface area (Å²) < 4.78 is 6.18. The van der Waals surface area contributed by atoms with Crippen LogP contribution in [0.4, 0.5) is 0 Å². The number of nitrogens with zero attached hydrogens (tertiary/aromatic N) is 4. The van der Waals surface area contributed by atoms with Crippen molar-refractivity contribution < 1.29 is 23.9 Å². The predicted molar refractivity (Wildman–Crippen MR) is 148 cm³/mol. The van der Waals surface area contributed by atoms with Crippen LogP contribution < -0.4 is 4.74 Å². The summed E-state index contributed by atoms with van der Waals surface area (Å²) in [4.78, 5) is 59.0. The molecule has 0 aromatic heterocycles. The van der Waals surface area contributed by atoms with Crippen molar-refractivity contribution >= 4 is 23.6 Å². The number of benzene rings is 1. The molecule has 3 aliphatic heterocycles. The number of rotatable bonds is 2. The summed E-state index contributed by atoms with van der Waals surface area (Å²) in [7, 11) is 0. The largest absolute Gasteiger partial charge is 0.493 e. The third kappa shape index (κ3) is 7.31. The molecule has 1 aromatic rings. The molecule has 0 radical (unpaired) electrons. The SMILES string of the molecule is CC(=O)N1CCN(C(=O)C[C@@H]2CCN3C[C@@H]2CCCOc2ccccc2CN(C(=O)C(C)(C)C)CC3=O)CC1. The van der Waals surface area contributed by atoms with E-state index < -0.39 is 5.41 Å². The van der Waals surface area contributed by atoms with Crippen LogP contribution in [-0.4, -0.2) is 95.6 Å². The van der Waals surface area contributed by atoms with Gasteiger partial charge in [-0.1, -0.05) is 39.0 Å². The summed E-state index contributed by atoms with van der Waals surface area (Å²) >= 11 is 0. The average Bonchev–Trinajstić information content (AvgIpc) is 2.91. The maximum absolute atomic E-state index is 13.5. The molecule has 39 heavy (non-hydrogen) atoms. The lowest BCUT2D eigenvalue weighted by molar-refractivity contribution is -0.147. The Kier molecular flexibility index (Phi) is 9.18. The van der Waals surface area contributed by atoms with Crippen LogP contribution in [0.3, 0.4) is 0 Å². The topological polar surface area (TPSA) is 90.5 Å². The minimum atomic E-state index is -0.615. The van der Waals surface area contributed by atoms with Gasteiger partial charge in [-0.05, 0) is 37.2 Å². The van der Waals surface area contributed by atoms with Crippen molar-refractivity contribution in [2.45, 2.75) is 59.9 Å². The smallest absolute Gasteiger partial charge is 0.242 e. The molecule has 0 saturated carbocycles. The zero-order valence-corrected chi connectivity index (χ0v) is 24.0. The van der Waals surface area contributed by atoms with E-state index in [1.54, 1.807) is 16.7 Å². The second-order valence-electron chi connectivity index (χ2n) is 12.2. The molecule has 4 amide bonds. The second kappa shape index (κ2) is 12.4. The minimum Gasteiger partial charge on any atom is -0.493 e. The number of hydrogen-bond acceptors (Lipinski definition) is 5. The van der Waals surface area contributed by atoms with Gasteiger partial charge in [-0.15, -0.1) is 0 Å². The number of ether oxygens (including phenoxy) is 1. The van der Waals surface area contributed by atoms with Crippen molar-refractivity contribution in [3.8, 4) is 5.75 Å². The third-order valence-electron chi connectivity index (χ3n) is 8.32. The summed E-state index contributed by atoms with van der Waals surface area (Å²) in [5, 5.41) is 0. The molecule has 0 unspecified atom stereocenters. The van der Waals surface area contributed by atoms with E-state index in [-0.39, 0.29) is 42.0 Å². The normalized spacial score (nSPS) is 23.1. The predicted octanol–water partition coefficient (Wildman–Crippen LogP) is 2.78. The van der Waals surface area contributed by atoms with Crippen LogP contribution in [0.15, 0.2) is 24.3 Å². The highest BCUT2D eigenvalue weighted by atomic mass is 16.5. The van der Waals surface area contributed by atoms with Crippen LogP contribution in [-0.2, 0) is 25.7 Å². The van der Waals surface area contributed by atoms with E-state index in [1.807, 2.05) is 54.8 Å². The number of carbonyl (C=O) groups excluding carboxylic acids is 4. The molecule has 0 spiro atoms. The highest BCUT2D eigenvalue weighted by Gasteiger charge is 2.36. The van der Waals surface area contributed by atoms with Gasteiger partial charge in [-0.2, -0.15) is 0 Å². The second-order valence-corrected chi connectivity index (χ2v) is 12.2. The Labute approximate surface area is 232 Å². The molecular formula is C30H44N4O5. The lowest BCUT2D eigenvalue weighted by atomic mass is 9.80. The molecule has 3 heterocycles. The fraction of sp³-hybridized carbons (Fsp3) is 0.667. The first-order valence-corrected chi connectivity index (χ1v) is 14.3. The van der Waals surface area contributed by atoms with Crippen LogP contribution >= 0.6 is 0 Å². The molecule has 2 fully saturated rings. The Morgan fingerprint density at radius 1 is 0.923 bits per heavy atom. The van der Waals surface area contributed by atoms with E-state index in [1.165, 1.54) is 0 Å². The van der Waals surface area contributed by atoms with Crippen LogP contribution in [0.25, 0.3) is 0 Å². The van der Waals surface area contributed by atoms with Crippen LogP contribution in [0, 0.1) is 17.3 Å². The number of fused-ring (bicyclic) bond motifs is 3. The first-order valence-electron chi connectivity index (χ1n) is 14.3. The molecular weight excluding hydrogens is 496 g/mol. The number of piperidine rings is 1. The minimum absolute atomic E-state index is 0.0289. The van der Waals surface area contributed by atoms with Gasteiger partial charge >= 0.3 is 0 Å². The summed E-state index contributed by atoms with van der Waals surface area (Å²) in [5.74, 6) is 1.21. The number of carbonyl (C=O) groups is 4. The summed E-state index contributed by atoms with van der Waals surface area (Å²) in [5.41, 5.74) is 0.281. The monoisotopic (exact) mass is 540 g/mol. The van der Waals surface area contributed by atoms with Crippen molar-refractivity contribution in [2.24, 2.45) is 17.3 Å². The van der Waals surface area contributed by atoms with Gasteiger partial charge < -0.3 is 24.3 Å². The number of para-hydroxylation sites is 1. The van der Waals surface area contributed by atoms with Gasteiger partial charge in [0.2, 0.25) is 23.6 Å². The van der Waals surface area contributed by atoms with Crippen molar-refractivity contribution in [1.29, 1.82) is 0 Å². The van der Waals surface area contributed by atoms with Crippen LogP contribution in [0.2, 0.25) is 0 Å². The first kappa shape index (κ1) is 28.9. The summed E-state index contributed by atoms with van der Waals surface area (Å²) in [6, 6.07) is 7.74. The molecule has 4 rings (SSSR count). The van der Waals surface area contributed by atoms with Gasteiger partial charge in [0.1, 0.15) is 12.3 Å². The number of piperazine rings is 1. The summed E-state index contributed by atoms with van der Waals surface area (Å²) in [6.07, 6.45) is 2.93. The van der Waals surface area contributed by atoms with Gasteiger partial charge in [0, 0.05) is 70.1 Å². The van der Waals surface area contributed by atoms with Crippen LogP contribution in [0.5, 0.6) is 5.75 Å². The van der Waals surface area contributed by atoms with Crippen molar-refractivity contribution in [3.05, 3.63) is 29.8 Å². The Bertz CT molecular complexity index is 1060. The molecule has 9 nitrogen and oxygen atoms in total. The first-order chi connectivity index (χ1) is 18.5. The Hall–Kier alpha value is -3.10. The maximum Gasteiger partial charge on any atom is 0.242 e. The zero-order chi connectivity index (χ0) is 28.2. The van der Waals surface area contributed by atoms with Crippen molar-refractivity contribution in [1.82, 2.24) is 19.6 Å². The summed E-state index contributed by atoms with van der Waals surface area (Å²) in [6.45, 7) is 11.6. The molecule has 2 bridgehead atoms. The van der Waals surface area contributed by atoms with E-state index in [2.05, 4.69) is 0 Å². The third-order valence-corrected chi connectivity index (χ3v) is 8.32. The molecule has 214 valence electrons. The lowest BCUT2D eigenvalue weighted by Crippen LogP contribution is -2.52. The van der Waals surface area contributed by atoms with Gasteiger partial charge in [-0.3, -0.25) is 19.2 Å². The average molecular weight is 541 g/mol. The van der Waals surface area contributed by atoms with Gasteiger partial charge in [-0.25, -0.2) is 0 Å². The molecule has 2 saturated heterocycles. The molecule has 0 N–H and O–H groups in total. The molecule has 3 aliphatic rings. The molecule has 0 aliphatic carbocycles. The van der Waals surface area contributed by atoms with Crippen molar-refractivity contribution in [2.75, 3.05) is 52.4 Å². The number of amides is 4. The Balaban J connectivity index is 1.48. The number of hydrogen-bond donors (Lipinski definition) is 0. The quantitative estimate of drug-likeness (QED) is 0.576. The van der Waals surface area contributed by atoms with E-state index in [9.17, 15) is 19.2 Å². The fourth-order valence-corrected chi connectivity index (χ4v) is 5.97. The van der Waals surface area contributed by atoms with Gasteiger partial charge in [0.15, 0.2) is 0 Å². The van der Waals surface area contributed by atoms with Crippen molar-refractivity contribution in [3.63, 3.8) is 0 Å².